The van der Waals surface area contributed by atoms with Crippen molar-refractivity contribution in [2.45, 2.75) is 0 Å². The molecule has 0 aliphatic rings. The van der Waals surface area contributed by atoms with Gasteiger partial charge in [0.1, 0.15) is 5.70 Å². The molecule has 2 amide bonds. The number of nitrogens with zero attached hydrogens (tertiary/aromatic N) is 2. The quantitative estimate of drug-likeness (QED) is 0.325. The van der Waals surface area contributed by atoms with Crippen LogP contribution in [0.5, 0.6) is 11.5 Å². The summed E-state index contributed by atoms with van der Waals surface area (Å²) in [5.41, 5.74) is 4.34. The first-order chi connectivity index (χ1) is 15.5. The average molecular weight is 432 g/mol. The number of carbonyl (C=O) groups excluding carboxylic acids is 2. The third-order valence-corrected chi connectivity index (χ3v) is 4.59. The molecule has 8 nitrogen and oxygen atoms in total. The first-order valence-electron chi connectivity index (χ1n) is 9.76. The van der Waals surface area contributed by atoms with Crippen molar-refractivity contribution in [2.24, 2.45) is 12.1 Å². The summed E-state index contributed by atoms with van der Waals surface area (Å²) in [5, 5.41) is 6.66. The molecule has 0 aliphatic carbocycles. The molecule has 0 unspecified atom stereocenters. The molecule has 2 aromatic carbocycles. The van der Waals surface area contributed by atoms with Crippen LogP contribution in [0.25, 0.3) is 6.08 Å². The molecule has 1 heterocycles. The van der Waals surface area contributed by atoms with Crippen LogP contribution >= 0.6 is 0 Å². The number of rotatable bonds is 8. The van der Waals surface area contributed by atoms with Gasteiger partial charge in [-0.1, -0.05) is 24.3 Å². The summed E-state index contributed by atoms with van der Waals surface area (Å²) in [5.74, 6) is 0.0571. The molecule has 1 aromatic heterocycles. The van der Waals surface area contributed by atoms with E-state index >= 15 is 0 Å². The van der Waals surface area contributed by atoms with Gasteiger partial charge in [0.05, 0.1) is 26.1 Å². The fourth-order valence-electron chi connectivity index (χ4n) is 2.88. The molecule has 0 saturated carbocycles. The third-order valence-electron chi connectivity index (χ3n) is 4.59. The van der Waals surface area contributed by atoms with Gasteiger partial charge in [-0.2, -0.15) is 5.10 Å². The Bertz CT molecular complexity index is 1150. The number of carbonyl (C=O) groups is 2. The molecule has 3 aromatic rings. The summed E-state index contributed by atoms with van der Waals surface area (Å²) in [7, 11) is 4.93. The van der Waals surface area contributed by atoms with E-state index < -0.39 is 11.8 Å². The Morgan fingerprint density at radius 2 is 1.72 bits per heavy atom. The molecular weight excluding hydrogens is 408 g/mol. The van der Waals surface area contributed by atoms with Crippen LogP contribution in [0.1, 0.15) is 21.6 Å². The van der Waals surface area contributed by atoms with E-state index in [2.05, 4.69) is 15.8 Å². The summed E-state index contributed by atoms with van der Waals surface area (Å²) in [4.78, 5) is 25.5. The predicted molar refractivity (Wildman–Crippen MR) is 123 cm³/mol. The highest BCUT2D eigenvalue weighted by Gasteiger charge is 2.15. The lowest BCUT2D eigenvalue weighted by atomic mass is 10.1. The Kier molecular flexibility index (Phi) is 7.42. The third kappa shape index (κ3) is 5.63. The van der Waals surface area contributed by atoms with E-state index in [0.717, 1.165) is 5.69 Å². The zero-order chi connectivity index (χ0) is 22.9. The first-order valence-corrected chi connectivity index (χ1v) is 9.76. The van der Waals surface area contributed by atoms with E-state index in [1.54, 1.807) is 42.5 Å². The van der Waals surface area contributed by atoms with Crippen molar-refractivity contribution in [3.63, 3.8) is 0 Å². The van der Waals surface area contributed by atoms with Gasteiger partial charge in [-0.25, -0.2) is 5.43 Å². The summed E-state index contributed by atoms with van der Waals surface area (Å²) in [6.45, 7) is 0. The van der Waals surface area contributed by atoms with Crippen molar-refractivity contribution in [1.29, 1.82) is 0 Å². The lowest BCUT2D eigenvalue weighted by Gasteiger charge is -2.11. The topological polar surface area (TPSA) is 94.0 Å². The molecular formula is C24H24N4O4. The molecule has 32 heavy (non-hydrogen) atoms. The first kappa shape index (κ1) is 22.4. The summed E-state index contributed by atoms with van der Waals surface area (Å²) in [6, 6.07) is 17.5. The van der Waals surface area contributed by atoms with Crippen LogP contribution in [0.4, 0.5) is 0 Å². The van der Waals surface area contributed by atoms with Crippen molar-refractivity contribution in [2.75, 3.05) is 14.2 Å². The van der Waals surface area contributed by atoms with Gasteiger partial charge in [0, 0.05) is 18.8 Å². The van der Waals surface area contributed by atoms with Crippen molar-refractivity contribution < 1.29 is 19.1 Å². The SMILES string of the molecule is COc1ccc(/C=C(/NC(=O)c2ccccc2)C(=O)N/N=C/c2cccn2C)cc1OC. The van der Waals surface area contributed by atoms with Gasteiger partial charge in [-0.05, 0) is 48.0 Å². The number of aryl methyl sites for hydroxylation is 1. The maximum absolute atomic E-state index is 12.8. The highest BCUT2D eigenvalue weighted by Crippen LogP contribution is 2.28. The molecule has 8 heteroatoms. The number of benzene rings is 2. The van der Waals surface area contributed by atoms with Gasteiger partial charge in [0.2, 0.25) is 0 Å². The molecule has 3 rings (SSSR count). The van der Waals surface area contributed by atoms with Gasteiger partial charge >= 0.3 is 0 Å². The van der Waals surface area contributed by atoms with Crippen LogP contribution in [0.2, 0.25) is 0 Å². The van der Waals surface area contributed by atoms with E-state index in [1.807, 2.05) is 36.0 Å². The zero-order valence-electron chi connectivity index (χ0n) is 18.0. The number of hydrogen-bond acceptors (Lipinski definition) is 5. The van der Waals surface area contributed by atoms with Crippen molar-refractivity contribution in [3.05, 3.63) is 89.4 Å². The minimum atomic E-state index is -0.575. The minimum absolute atomic E-state index is 0.0232. The second kappa shape index (κ2) is 10.6. The molecule has 0 aliphatic heterocycles. The van der Waals surface area contributed by atoms with Crippen LogP contribution in [-0.4, -0.2) is 36.8 Å². The monoisotopic (exact) mass is 432 g/mol. The van der Waals surface area contributed by atoms with Gasteiger partial charge < -0.3 is 19.4 Å². The summed E-state index contributed by atoms with van der Waals surface area (Å²) in [6.07, 6.45) is 4.92. The predicted octanol–water partition coefficient (Wildman–Crippen LogP) is 2.96. The number of hydrazone groups is 1. The minimum Gasteiger partial charge on any atom is -0.493 e. The Balaban J connectivity index is 1.87. The van der Waals surface area contributed by atoms with Crippen LogP contribution in [0.3, 0.4) is 0 Å². The van der Waals surface area contributed by atoms with Gasteiger partial charge in [0.15, 0.2) is 11.5 Å². The maximum Gasteiger partial charge on any atom is 0.287 e. The Hall–Kier alpha value is -4.33. The fourth-order valence-corrected chi connectivity index (χ4v) is 2.88. The van der Waals surface area contributed by atoms with Gasteiger partial charge in [0.25, 0.3) is 11.8 Å². The van der Waals surface area contributed by atoms with E-state index in [9.17, 15) is 9.59 Å². The second-order valence-electron chi connectivity index (χ2n) is 6.74. The number of ether oxygens (including phenoxy) is 2. The molecule has 0 atom stereocenters. The van der Waals surface area contributed by atoms with Crippen LogP contribution in [0, 0.1) is 0 Å². The van der Waals surface area contributed by atoms with Crippen molar-refractivity contribution in [3.8, 4) is 11.5 Å². The molecule has 0 radical (unpaired) electrons. The molecule has 0 bridgehead atoms. The Labute approximate surface area is 186 Å². The van der Waals surface area contributed by atoms with Crippen molar-refractivity contribution in [1.82, 2.24) is 15.3 Å². The standard InChI is InChI=1S/C24H24N4O4/c1-28-13-7-10-19(28)16-25-27-24(30)20(26-23(29)18-8-5-4-6-9-18)14-17-11-12-21(31-2)22(15-17)32-3/h4-16H,1-3H3,(H,26,29)(H,27,30)/b20-14+,25-16+. The van der Waals surface area contributed by atoms with Crippen LogP contribution < -0.4 is 20.2 Å². The lowest BCUT2D eigenvalue weighted by molar-refractivity contribution is -0.117. The van der Waals surface area contributed by atoms with Crippen molar-refractivity contribution >= 4 is 24.1 Å². The maximum atomic E-state index is 12.8. The van der Waals surface area contributed by atoms with E-state index in [4.69, 9.17) is 9.47 Å². The Morgan fingerprint density at radius 1 is 0.969 bits per heavy atom. The summed E-state index contributed by atoms with van der Waals surface area (Å²) >= 11 is 0. The molecule has 0 saturated heterocycles. The lowest BCUT2D eigenvalue weighted by Crippen LogP contribution is -2.32. The number of nitrogens with one attached hydrogen (secondary N) is 2. The average Bonchev–Trinajstić information content (AvgIpc) is 3.23. The Morgan fingerprint density at radius 3 is 2.38 bits per heavy atom. The highest BCUT2D eigenvalue weighted by molar-refractivity contribution is 6.05. The number of aromatic nitrogens is 1. The van der Waals surface area contributed by atoms with E-state index in [-0.39, 0.29) is 5.70 Å². The largest absolute Gasteiger partial charge is 0.493 e. The molecule has 0 fully saturated rings. The number of hydrogen-bond donors (Lipinski definition) is 2. The van der Waals surface area contributed by atoms with E-state index in [1.165, 1.54) is 26.5 Å². The van der Waals surface area contributed by atoms with Crippen LogP contribution in [0.15, 0.2) is 77.7 Å². The number of amides is 2. The van der Waals surface area contributed by atoms with Crippen LogP contribution in [-0.2, 0) is 11.8 Å². The summed E-state index contributed by atoms with van der Waals surface area (Å²) < 4.78 is 12.4. The van der Waals surface area contributed by atoms with Gasteiger partial charge in [-0.15, -0.1) is 0 Å². The molecule has 2 N–H and O–H groups in total. The smallest absolute Gasteiger partial charge is 0.287 e. The second-order valence-corrected chi connectivity index (χ2v) is 6.74. The zero-order valence-corrected chi connectivity index (χ0v) is 18.0. The molecule has 164 valence electrons. The number of methoxy groups -OCH3 is 2. The fraction of sp³-hybridized carbons (Fsp3) is 0.125. The normalized spacial score (nSPS) is 11.3. The van der Waals surface area contributed by atoms with Gasteiger partial charge in [-0.3, -0.25) is 9.59 Å². The van der Waals surface area contributed by atoms with E-state index in [0.29, 0.717) is 22.6 Å². The molecule has 0 spiro atoms. The highest BCUT2D eigenvalue weighted by atomic mass is 16.5.